The molecule has 0 saturated heterocycles. The van der Waals surface area contributed by atoms with Gasteiger partial charge in [0.1, 0.15) is 5.92 Å². The Morgan fingerprint density at radius 3 is 2.86 bits per heavy atom. The van der Waals surface area contributed by atoms with Crippen molar-refractivity contribution >= 4 is 17.3 Å². The van der Waals surface area contributed by atoms with Gasteiger partial charge in [0.05, 0.1) is 13.0 Å². The van der Waals surface area contributed by atoms with Gasteiger partial charge in [0.25, 0.3) is 5.92 Å². The molecular formula is C9H8F2O2S. The number of thiophene rings is 1. The Morgan fingerprint density at radius 2 is 2.36 bits per heavy atom. The van der Waals surface area contributed by atoms with Crippen LogP contribution in [0.25, 0.3) is 0 Å². The quantitative estimate of drug-likeness (QED) is 0.712. The Bertz CT molecular complexity index is 348. The summed E-state index contributed by atoms with van der Waals surface area (Å²) in [6.45, 7) is 0. The first-order valence-electron chi connectivity index (χ1n) is 4.06. The second-order valence-corrected chi connectivity index (χ2v) is 3.99. The molecule has 0 bridgehead atoms. The van der Waals surface area contributed by atoms with Crippen molar-refractivity contribution in [1.82, 2.24) is 0 Å². The molecular weight excluding hydrogens is 210 g/mol. The van der Waals surface area contributed by atoms with Gasteiger partial charge in [-0.25, -0.2) is 8.78 Å². The van der Waals surface area contributed by atoms with E-state index in [1.54, 1.807) is 16.8 Å². The molecule has 1 aliphatic carbocycles. The zero-order valence-corrected chi connectivity index (χ0v) is 8.18. The third-order valence-electron chi connectivity index (χ3n) is 2.41. The number of alkyl halides is 2. The van der Waals surface area contributed by atoms with Crippen LogP contribution in [0.4, 0.5) is 8.78 Å². The van der Waals surface area contributed by atoms with Crippen LogP contribution in [-0.2, 0) is 9.53 Å². The summed E-state index contributed by atoms with van der Waals surface area (Å²) in [7, 11) is 1.13. The number of halogens is 2. The average Bonchev–Trinajstić information content (AvgIpc) is 2.58. The standard InChI is InChI=1S/C9H8F2O2S/c1-13-8(12)7-6(9(7,10)11)5-2-3-14-4-5/h2-4,6-7H,1H3/t6-,7-/m0/s1. The fraction of sp³-hybridized carbons (Fsp3) is 0.444. The van der Waals surface area contributed by atoms with E-state index >= 15 is 0 Å². The predicted molar refractivity (Wildman–Crippen MR) is 47.5 cm³/mol. The van der Waals surface area contributed by atoms with Crippen LogP contribution in [0, 0.1) is 5.92 Å². The van der Waals surface area contributed by atoms with Crippen molar-refractivity contribution in [3.63, 3.8) is 0 Å². The minimum atomic E-state index is -2.94. The van der Waals surface area contributed by atoms with Gasteiger partial charge in [0, 0.05) is 0 Å². The van der Waals surface area contributed by atoms with Crippen molar-refractivity contribution < 1.29 is 18.3 Å². The van der Waals surface area contributed by atoms with Gasteiger partial charge in [0.2, 0.25) is 0 Å². The number of esters is 1. The molecule has 1 heterocycles. The number of carbonyl (C=O) groups excluding carboxylic acids is 1. The molecule has 5 heteroatoms. The molecule has 0 N–H and O–H groups in total. The molecule has 1 saturated carbocycles. The maximum Gasteiger partial charge on any atom is 0.315 e. The first-order chi connectivity index (χ1) is 6.59. The molecule has 2 rings (SSSR count). The minimum absolute atomic E-state index is 0.524. The Labute approximate surface area is 83.5 Å². The van der Waals surface area contributed by atoms with E-state index in [2.05, 4.69) is 4.74 Å². The van der Waals surface area contributed by atoms with E-state index in [1.807, 2.05) is 0 Å². The largest absolute Gasteiger partial charge is 0.469 e. The van der Waals surface area contributed by atoms with E-state index in [4.69, 9.17) is 0 Å². The van der Waals surface area contributed by atoms with E-state index in [1.165, 1.54) is 11.3 Å². The van der Waals surface area contributed by atoms with Crippen LogP contribution in [-0.4, -0.2) is 19.0 Å². The molecule has 0 amide bonds. The van der Waals surface area contributed by atoms with E-state index in [-0.39, 0.29) is 0 Å². The van der Waals surface area contributed by atoms with Crippen LogP contribution in [0.1, 0.15) is 11.5 Å². The van der Waals surface area contributed by atoms with Crippen LogP contribution in [0.3, 0.4) is 0 Å². The lowest BCUT2D eigenvalue weighted by molar-refractivity contribution is -0.144. The molecule has 0 radical (unpaired) electrons. The summed E-state index contributed by atoms with van der Waals surface area (Å²) in [5.41, 5.74) is 0.524. The number of hydrogen-bond acceptors (Lipinski definition) is 3. The molecule has 1 fully saturated rings. The summed E-state index contributed by atoms with van der Waals surface area (Å²) in [4.78, 5) is 11.0. The van der Waals surface area contributed by atoms with Crippen LogP contribution in [0.2, 0.25) is 0 Å². The lowest BCUT2D eigenvalue weighted by atomic mass is 10.2. The molecule has 1 aromatic rings. The third-order valence-corrected chi connectivity index (χ3v) is 3.11. The van der Waals surface area contributed by atoms with E-state index in [0.717, 1.165) is 7.11 Å². The van der Waals surface area contributed by atoms with Crippen molar-refractivity contribution in [3.8, 4) is 0 Å². The van der Waals surface area contributed by atoms with Gasteiger partial charge in [-0.1, -0.05) is 0 Å². The molecule has 0 aromatic carbocycles. The van der Waals surface area contributed by atoms with Crippen LogP contribution in [0.15, 0.2) is 16.8 Å². The van der Waals surface area contributed by atoms with Gasteiger partial charge in [-0.3, -0.25) is 4.79 Å². The van der Waals surface area contributed by atoms with Crippen molar-refractivity contribution in [2.24, 2.45) is 5.92 Å². The van der Waals surface area contributed by atoms with E-state index in [0.29, 0.717) is 5.56 Å². The number of ether oxygens (including phenoxy) is 1. The van der Waals surface area contributed by atoms with Gasteiger partial charge in [-0.2, -0.15) is 11.3 Å². The fourth-order valence-corrected chi connectivity index (χ4v) is 2.31. The summed E-state index contributed by atoms with van der Waals surface area (Å²) < 4.78 is 30.7. The normalized spacial score (nSPS) is 28.5. The number of hydrogen-bond donors (Lipinski definition) is 0. The van der Waals surface area contributed by atoms with Crippen LogP contribution >= 0.6 is 11.3 Å². The Kier molecular flexibility index (Phi) is 2.06. The van der Waals surface area contributed by atoms with Crippen LogP contribution < -0.4 is 0 Å². The fourth-order valence-electron chi connectivity index (χ4n) is 1.61. The molecule has 1 aromatic heterocycles. The van der Waals surface area contributed by atoms with Crippen LogP contribution in [0.5, 0.6) is 0 Å². The van der Waals surface area contributed by atoms with Gasteiger partial charge in [0.15, 0.2) is 0 Å². The molecule has 0 aliphatic heterocycles. The zero-order chi connectivity index (χ0) is 10.3. The minimum Gasteiger partial charge on any atom is -0.469 e. The Hall–Kier alpha value is -0.970. The molecule has 0 spiro atoms. The second-order valence-electron chi connectivity index (χ2n) is 3.21. The van der Waals surface area contributed by atoms with E-state index < -0.39 is 23.7 Å². The third kappa shape index (κ3) is 1.23. The van der Waals surface area contributed by atoms with Gasteiger partial charge < -0.3 is 4.74 Å². The number of rotatable bonds is 2. The van der Waals surface area contributed by atoms with E-state index in [9.17, 15) is 13.6 Å². The summed E-state index contributed by atoms with van der Waals surface area (Å²) >= 11 is 1.34. The monoisotopic (exact) mass is 218 g/mol. The first-order valence-corrected chi connectivity index (χ1v) is 5.01. The zero-order valence-electron chi connectivity index (χ0n) is 7.37. The first kappa shape index (κ1) is 9.58. The molecule has 76 valence electrons. The van der Waals surface area contributed by atoms with Gasteiger partial charge in [-0.05, 0) is 22.4 Å². The van der Waals surface area contributed by atoms with Crippen molar-refractivity contribution in [1.29, 1.82) is 0 Å². The Balaban J connectivity index is 2.21. The van der Waals surface area contributed by atoms with Crippen molar-refractivity contribution in [2.75, 3.05) is 7.11 Å². The van der Waals surface area contributed by atoms with Crippen molar-refractivity contribution in [2.45, 2.75) is 11.8 Å². The van der Waals surface area contributed by atoms with Gasteiger partial charge >= 0.3 is 5.97 Å². The molecule has 1 aliphatic rings. The highest BCUT2D eigenvalue weighted by Crippen LogP contribution is 2.62. The summed E-state index contributed by atoms with van der Waals surface area (Å²) in [6.07, 6.45) is 0. The number of methoxy groups -OCH3 is 1. The second kappa shape index (κ2) is 3.02. The highest BCUT2D eigenvalue weighted by atomic mass is 32.1. The lowest BCUT2D eigenvalue weighted by Gasteiger charge is -1.93. The molecule has 2 atom stereocenters. The Morgan fingerprint density at radius 1 is 1.64 bits per heavy atom. The molecule has 2 nitrogen and oxygen atoms in total. The topological polar surface area (TPSA) is 26.3 Å². The van der Waals surface area contributed by atoms with Gasteiger partial charge in [-0.15, -0.1) is 0 Å². The average molecular weight is 218 g/mol. The maximum absolute atomic E-state index is 13.2. The highest BCUT2D eigenvalue weighted by molar-refractivity contribution is 7.08. The smallest absolute Gasteiger partial charge is 0.315 e. The predicted octanol–water partition coefficient (Wildman–Crippen LogP) is 2.27. The number of carbonyl (C=O) groups is 1. The lowest BCUT2D eigenvalue weighted by Crippen LogP contribution is -2.08. The SMILES string of the molecule is COC(=O)[C@@H]1[C@H](c2ccsc2)C1(F)F. The summed E-state index contributed by atoms with van der Waals surface area (Å²) in [5.74, 6) is -6.04. The summed E-state index contributed by atoms with van der Waals surface area (Å²) in [6, 6.07) is 1.62. The molecule has 14 heavy (non-hydrogen) atoms. The highest BCUT2D eigenvalue weighted by Gasteiger charge is 2.73. The summed E-state index contributed by atoms with van der Waals surface area (Å²) in [5, 5.41) is 3.36. The maximum atomic E-state index is 13.2. The molecule has 0 unspecified atom stereocenters. The van der Waals surface area contributed by atoms with Crippen molar-refractivity contribution in [3.05, 3.63) is 22.4 Å².